The van der Waals surface area contributed by atoms with E-state index in [9.17, 15) is 14.4 Å². The van der Waals surface area contributed by atoms with Gasteiger partial charge in [-0.05, 0) is 57.9 Å². The standard InChI is InChI=1S/C28H36N4O3/c1-19(33)29-24-22-14-8-9-15-23(22)31-18-28(2,27(35)30-21-12-6-7-13-21)32(26(34)25(24)31)17-16-20-10-4-3-5-11-20/h8-10,14-15,21H,3-7,11-13,16-18H2,1-2H3,(H,29,33)(H,30,35)/t28-/m1/s1. The molecule has 1 aliphatic heterocycles. The van der Waals surface area contributed by atoms with Crippen LogP contribution in [0.1, 0.15) is 82.1 Å². The number of carbonyl (C=O) groups is 3. The van der Waals surface area contributed by atoms with Crippen LogP contribution in [0.15, 0.2) is 35.9 Å². The second-order valence-electron chi connectivity index (χ2n) is 10.6. The average Bonchev–Trinajstić information content (AvgIpc) is 3.46. The molecule has 0 spiro atoms. The third-order valence-electron chi connectivity index (χ3n) is 8.00. The molecule has 0 radical (unpaired) electrons. The van der Waals surface area contributed by atoms with Crippen LogP contribution in [0.2, 0.25) is 0 Å². The second kappa shape index (κ2) is 9.51. The van der Waals surface area contributed by atoms with Gasteiger partial charge in [-0.25, -0.2) is 0 Å². The van der Waals surface area contributed by atoms with Crippen molar-refractivity contribution in [3.05, 3.63) is 41.6 Å². The fraction of sp³-hybridized carbons (Fsp3) is 0.536. The van der Waals surface area contributed by atoms with Crippen LogP contribution in [0.4, 0.5) is 5.69 Å². The number of rotatable bonds is 6. The minimum atomic E-state index is -1.02. The number of aromatic nitrogens is 1. The van der Waals surface area contributed by atoms with Gasteiger partial charge < -0.3 is 20.1 Å². The van der Waals surface area contributed by atoms with Crippen molar-refractivity contribution in [2.75, 3.05) is 11.9 Å². The van der Waals surface area contributed by atoms with E-state index in [4.69, 9.17) is 0 Å². The predicted molar refractivity (Wildman–Crippen MR) is 137 cm³/mol. The summed E-state index contributed by atoms with van der Waals surface area (Å²) in [6.07, 6.45) is 11.9. The van der Waals surface area contributed by atoms with Gasteiger partial charge in [-0.15, -0.1) is 0 Å². The molecule has 2 aliphatic carbocycles. The van der Waals surface area contributed by atoms with E-state index in [1.54, 1.807) is 4.90 Å². The van der Waals surface area contributed by atoms with Gasteiger partial charge in [0.25, 0.3) is 5.91 Å². The van der Waals surface area contributed by atoms with Gasteiger partial charge in [-0.1, -0.05) is 42.7 Å². The quantitative estimate of drug-likeness (QED) is 0.590. The number of hydrogen-bond acceptors (Lipinski definition) is 3. The highest BCUT2D eigenvalue weighted by molar-refractivity contribution is 6.14. The Hall–Kier alpha value is -3.09. The van der Waals surface area contributed by atoms with E-state index < -0.39 is 5.54 Å². The average molecular weight is 477 g/mol. The highest BCUT2D eigenvalue weighted by atomic mass is 16.2. The van der Waals surface area contributed by atoms with Gasteiger partial charge in [-0.3, -0.25) is 14.4 Å². The summed E-state index contributed by atoms with van der Waals surface area (Å²) in [4.78, 5) is 41.8. The van der Waals surface area contributed by atoms with Gasteiger partial charge >= 0.3 is 0 Å². The van der Waals surface area contributed by atoms with E-state index in [0.717, 1.165) is 55.8 Å². The minimum Gasteiger partial charge on any atom is -0.351 e. The Morgan fingerprint density at radius 1 is 1.11 bits per heavy atom. The lowest BCUT2D eigenvalue weighted by molar-refractivity contribution is -0.133. The summed E-state index contributed by atoms with van der Waals surface area (Å²) < 4.78 is 1.94. The van der Waals surface area contributed by atoms with Crippen LogP contribution in [0.5, 0.6) is 0 Å². The molecule has 1 fully saturated rings. The number of hydrogen-bond donors (Lipinski definition) is 2. The fourth-order valence-corrected chi connectivity index (χ4v) is 6.08. The Balaban J connectivity index is 1.56. The summed E-state index contributed by atoms with van der Waals surface area (Å²) in [5, 5.41) is 6.99. The third kappa shape index (κ3) is 4.37. The SMILES string of the molecule is CC(=O)Nc1c2n(c3ccccc13)C[C@](C)(C(=O)NC1CCCC1)N(CCC1=CCCCC1)C2=O. The Bertz CT molecular complexity index is 1190. The summed E-state index contributed by atoms with van der Waals surface area (Å²) >= 11 is 0. The molecule has 1 saturated carbocycles. The summed E-state index contributed by atoms with van der Waals surface area (Å²) in [6, 6.07) is 7.88. The van der Waals surface area contributed by atoms with Gasteiger partial charge in [-0.2, -0.15) is 0 Å². The van der Waals surface area contributed by atoms with Crippen LogP contribution in [0.25, 0.3) is 10.9 Å². The molecule has 1 atom stereocenters. The monoisotopic (exact) mass is 476 g/mol. The van der Waals surface area contributed by atoms with Gasteiger partial charge in [0, 0.05) is 24.9 Å². The second-order valence-corrected chi connectivity index (χ2v) is 10.6. The largest absolute Gasteiger partial charge is 0.351 e. The lowest BCUT2D eigenvalue weighted by atomic mass is 9.92. The molecule has 0 unspecified atom stereocenters. The molecular weight excluding hydrogens is 440 g/mol. The third-order valence-corrected chi connectivity index (χ3v) is 8.00. The Morgan fingerprint density at radius 2 is 1.89 bits per heavy atom. The maximum Gasteiger partial charge on any atom is 0.273 e. The molecule has 1 aromatic heterocycles. The van der Waals surface area contributed by atoms with E-state index in [1.165, 1.54) is 25.3 Å². The molecular formula is C28H36N4O3. The van der Waals surface area contributed by atoms with Crippen molar-refractivity contribution < 1.29 is 14.4 Å². The van der Waals surface area contributed by atoms with E-state index >= 15 is 0 Å². The van der Waals surface area contributed by atoms with Crippen molar-refractivity contribution in [3.63, 3.8) is 0 Å². The molecule has 2 aromatic rings. The number of nitrogens with zero attached hydrogens (tertiary/aromatic N) is 2. The van der Waals surface area contributed by atoms with Crippen molar-refractivity contribution >= 4 is 34.3 Å². The summed E-state index contributed by atoms with van der Waals surface area (Å²) in [5.41, 5.74) is 2.21. The number of allylic oxidation sites excluding steroid dienone is 1. The Labute approximate surface area is 206 Å². The van der Waals surface area contributed by atoms with Gasteiger partial charge in [0.15, 0.2) is 0 Å². The number of nitrogens with one attached hydrogen (secondary N) is 2. The van der Waals surface area contributed by atoms with E-state index in [1.807, 2.05) is 35.8 Å². The van der Waals surface area contributed by atoms with E-state index in [2.05, 4.69) is 16.7 Å². The van der Waals surface area contributed by atoms with E-state index in [0.29, 0.717) is 24.5 Å². The van der Waals surface area contributed by atoms with E-state index in [-0.39, 0.29) is 23.8 Å². The maximum absolute atomic E-state index is 14.2. The predicted octanol–water partition coefficient (Wildman–Crippen LogP) is 4.76. The molecule has 0 saturated heterocycles. The zero-order valence-corrected chi connectivity index (χ0v) is 20.9. The van der Waals surface area contributed by atoms with Crippen molar-refractivity contribution in [1.82, 2.24) is 14.8 Å². The first-order valence-corrected chi connectivity index (χ1v) is 13.1. The molecule has 7 heteroatoms. The molecule has 1 aromatic carbocycles. The molecule has 3 amide bonds. The van der Waals surface area contributed by atoms with Crippen LogP contribution >= 0.6 is 0 Å². The number of anilines is 1. The first kappa shape index (κ1) is 23.6. The van der Waals surface area contributed by atoms with Gasteiger partial charge in [0.05, 0.1) is 17.7 Å². The first-order chi connectivity index (χ1) is 16.9. The van der Waals surface area contributed by atoms with Gasteiger partial charge in [0.1, 0.15) is 11.2 Å². The molecule has 7 nitrogen and oxygen atoms in total. The normalized spacial score (nSPS) is 22.7. The number of benzene rings is 1. The fourth-order valence-electron chi connectivity index (χ4n) is 6.08. The van der Waals surface area contributed by atoms with Crippen LogP contribution < -0.4 is 10.6 Å². The first-order valence-electron chi connectivity index (χ1n) is 13.1. The highest BCUT2D eigenvalue weighted by Crippen LogP contribution is 2.39. The van der Waals surface area contributed by atoms with Gasteiger partial charge in [0.2, 0.25) is 11.8 Å². The van der Waals surface area contributed by atoms with Crippen molar-refractivity contribution in [1.29, 1.82) is 0 Å². The molecule has 2 N–H and O–H groups in total. The molecule has 3 aliphatic rings. The summed E-state index contributed by atoms with van der Waals surface area (Å²) in [5.74, 6) is -0.500. The van der Waals surface area contributed by atoms with Crippen LogP contribution in [-0.4, -0.2) is 45.3 Å². The number of carbonyl (C=O) groups excluding carboxylic acids is 3. The number of fused-ring (bicyclic) bond motifs is 3. The molecule has 2 heterocycles. The molecule has 5 rings (SSSR count). The van der Waals surface area contributed by atoms with Crippen LogP contribution in [0.3, 0.4) is 0 Å². The Morgan fingerprint density at radius 3 is 2.60 bits per heavy atom. The van der Waals surface area contributed by atoms with Crippen LogP contribution in [-0.2, 0) is 16.1 Å². The van der Waals surface area contributed by atoms with Crippen molar-refractivity contribution in [3.8, 4) is 0 Å². The lowest BCUT2D eigenvalue weighted by Crippen LogP contribution is -2.65. The molecule has 0 bridgehead atoms. The summed E-state index contributed by atoms with van der Waals surface area (Å²) in [7, 11) is 0. The zero-order valence-electron chi connectivity index (χ0n) is 20.9. The maximum atomic E-state index is 14.2. The number of para-hydroxylation sites is 1. The topological polar surface area (TPSA) is 83.4 Å². The van der Waals surface area contributed by atoms with Crippen molar-refractivity contribution in [2.45, 2.75) is 89.8 Å². The Kier molecular flexibility index (Phi) is 6.43. The van der Waals surface area contributed by atoms with Crippen molar-refractivity contribution in [2.24, 2.45) is 0 Å². The highest BCUT2D eigenvalue weighted by Gasteiger charge is 2.49. The zero-order chi connectivity index (χ0) is 24.6. The summed E-state index contributed by atoms with van der Waals surface area (Å²) in [6.45, 7) is 4.20. The molecule has 186 valence electrons. The molecule has 35 heavy (non-hydrogen) atoms. The number of amides is 3. The van der Waals surface area contributed by atoms with Crippen LogP contribution in [0, 0.1) is 0 Å². The lowest BCUT2D eigenvalue weighted by Gasteiger charge is -2.45. The minimum absolute atomic E-state index is 0.0834. The smallest absolute Gasteiger partial charge is 0.273 e.